The zero-order valence-electron chi connectivity index (χ0n) is 7.92. The molecular weight excluding hydrogens is 150 g/mol. The quantitative estimate of drug-likeness (QED) is 0.577. The summed E-state index contributed by atoms with van der Waals surface area (Å²) in [7, 11) is 0. The van der Waals surface area contributed by atoms with Crippen molar-refractivity contribution in [3.05, 3.63) is 0 Å². The van der Waals surface area contributed by atoms with Gasteiger partial charge in [0, 0.05) is 12.6 Å². The van der Waals surface area contributed by atoms with Crippen LogP contribution in [0, 0.1) is 12.5 Å². The van der Waals surface area contributed by atoms with E-state index in [1.54, 1.807) is 0 Å². The smallest absolute Gasteiger partial charge is 0.0783 e. The summed E-state index contributed by atoms with van der Waals surface area (Å²) in [6.45, 7) is 5.96. The Kier molecular flexibility index (Phi) is 3.43. The fraction of sp³-hybridized carbons (Fsp3) is 0.800. The fourth-order valence-corrected chi connectivity index (χ4v) is 1.81. The lowest BCUT2D eigenvalue weighted by Crippen LogP contribution is -2.48. The van der Waals surface area contributed by atoms with Crippen molar-refractivity contribution in [2.24, 2.45) is 0 Å². The lowest BCUT2D eigenvalue weighted by Gasteiger charge is -2.38. The molecule has 1 rings (SSSR count). The zero-order chi connectivity index (χ0) is 8.97. The van der Waals surface area contributed by atoms with Crippen molar-refractivity contribution in [1.29, 1.82) is 0 Å². The first-order valence-electron chi connectivity index (χ1n) is 4.68. The SMILES string of the molecule is C#CN1CCOC(CC)C1CC. The topological polar surface area (TPSA) is 12.5 Å². The Morgan fingerprint density at radius 3 is 2.75 bits per heavy atom. The van der Waals surface area contributed by atoms with Crippen LogP contribution in [0.15, 0.2) is 0 Å². The Morgan fingerprint density at radius 1 is 1.50 bits per heavy atom. The molecule has 2 unspecified atom stereocenters. The highest BCUT2D eigenvalue weighted by molar-refractivity contribution is 4.94. The maximum Gasteiger partial charge on any atom is 0.0783 e. The molecule has 1 fully saturated rings. The van der Waals surface area contributed by atoms with Gasteiger partial charge in [0.15, 0.2) is 0 Å². The van der Waals surface area contributed by atoms with E-state index in [0.29, 0.717) is 12.1 Å². The Hall–Kier alpha value is -0.680. The first kappa shape index (κ1) is 9.41. The van der Waals surface area contributed by atoms with Crippen LogP contribution in [0.2, 0.25) is 0 Å². The molecule has 0 aromatic carbocycles. The molecule has 0 aliphatic carbocycles. The van der Waals surface area contributed by atoms with Crippen LogP contribution >= 0.6 is 0 Å². The van der Waals surface area contributed by atoms with Gasteiger partial charge in [0.05, 0.1) is 18.8 Å². The normalized spacial score (nSPS) is 29.9. The van der Waals surface area contributed by atoms with Crippen molar-refractivity contribution < 1.29 is 4.74 Å². The van der Waals surface area contributed by atoms with E-state index in [4.69, 9.17) is 11.2 Å². The van der Waals surface area contributed by atoms with Gasteiger partial charge in [0.1, 0.15) is 0 Å². The third kappa shape index (κ3) is 1.73. The number of rotatable bonds is 2. The molecular formula is C10H17NO. The Labute approximate surface area is 74.9 Å². The molecule has 2 nitrogen and oxygen atoms in total. The fourth-order valence-electron chi connectivity index (χ4n) is 1.81. The molecule has 68 valence electrons. The second kappa shape index (κ2) is 4.37. The van der Waals surface area contributed by atoms with Crippen molar-refractivity contribution in [3.8, 4) is 12.5 Å². The minimum atomic E-state index is 0.333. The summed E-state index contributed by atoms with van der Waals surface area (Å²) in [6, 6.07) is 3.15. The molecule has 1 saturated heterocycles. The van der Waals surface area contributed by atoms with Crippen LogP contribution in [0.1, 0.15) is 26.7 Å². The number of hydrogen-bond donors (Lipinski definition) is 0. The summed E-state index contributed by atoms with van der Waals surface area (Å²) < 4.78 is 5.63. The summed E-state index contributed by atoms with van der Waals surface area (Å²) in [5, 5.41) is 0. The Morgan fingerprint density at radius 2 is 2.25 bits per heavy atom. The number of nitrogens with zero attached hydrogens (tertiary/aromatic N) is 1. The van der Waals surface area contributed by atoms with Crippen LogP contribution in [-0.2, 0) is 4.74 Å². The molecule has 12 heavy (non-hydrogen) atoms. The summed E-state index contributed by atoms with van der Waals surface area (Å²) in [4.78, 5) is 2.07. The maximum absolute atomic E-state index is 5.63. The van der Waals surface area contributed by atoms with Gasteiger partial charge in [-0.15, -0.1) is 0 Å². The number of morpholine rings is 1. The molecule has 0 saturated carbocycles. The van der Waals surface area contributed by atoms with Crippen LogP contribution < -0.4 is 0 Å². The average molecular weight is 167 g/mol. The zero-order valence-corrected chi connectivity index (χ0v) is 7.92. The highest BCUT2D eigenvalue weighted by atomic mass is 16.5. The van der Waals surface area contributed by atoms with Gasteiger partial charge in [-0.1, -0.05) is 20.3 Å². The maximum atomic E-state index is 5.63. The molecule has 0 N–H and O–H groups in total. The average Bonchev–Trinajstić information content (AvgIpc) is 2.16. The van der Waals surface area contributed by atoms with Crippen LogP contribution in [-0.4, -0.2) is 30.2 Å². The number of ether oxygens (including phenoxy) is 1. The third-order valence-corrected chi connectivity index (χ3v) is 2.48. The van der Waals surface area contributed by atoms with E-state index in [-0.39, 0.29) is 0 Å². The molecule has 0 bridgehead atoms. The van der Waals surface area contributed by atoms with E-state index >= 15 is 0 Å². The highest BCUT2D eigenvalue weighted by Crippen LogP contribution is 2.18. The molecule has 1 aliphatic heterocycles. The van der Waals surface area contributed by atoms with E-state index in [9.17, 15) is 0 Å². The van der Waals surface area contributed by atoms with Crippen molar-refractivity contribution in [1.82, 2.24) is 4.90 Å². The number of hydrogen-bond acceptors (Lipinski definition) is 2. The first-order valence-corrected chi connectivity index (χ1v) is 4.68. The van der Waals surface area contributed by atoms with Gasteiger partial charge in [-0.2, -0.15) is 0 Å². The standard InChI is InChI=1S/C10H17NO/c1-4-9-10(5-2)12-8-7-11(9)6-3/h3,9-10H,4-5,7-8H2,1-2H3. The molecule has 0 radical (unpaired) electrons. The highest BCUT2D eigenvalue weighted by Gasteiger charge is 2.27. The largest absolute Gasteiger partial charge is 0.374 e. The predicted octanol–water partition coefficient (Wildman–Crippen LogP) is 1.47. The molecule has 1 aliphatic rings. The predicted molar refractivity (Wildman–Crippen MR) is 49.6 cm³/mol. The van der Waals surface area contributed by atoms with Gasteiger partial charge in [-0.25, -0.2) is 0 Å². The van der Waals surface area contributed by atoms with Crippen molar-refractivity contribution in [2.45, 2.75) is 38.8 Å². The van der Waals surface area contributed by atoms with Crippen LogP contribution in [0.4, 0.5) is 0 Å². The molecule has 0 aromatic heterocycles. The summed E-state index contributed by atoms with van der Waals surface area (Å²) in [5.41, 5.74) is 0. The van der Waals surface area contributed by atoms with Crippen molar-refractivity contribution in [2.75, 3.05) is 13.2 Å². The van der Waals surface area contributed by atoms with Gasteiger partial charge < -0.3 is 9.64 Å². The van der Waals surface area contributed by atoms with E-state index in [0.717, 1.165) is 26.0 Å². The second-order valence-corrected chi connectivity index (χ2v) is 3.12. The van der Waals surface area contributed by atoms with Gasteiger partial charge in [-0.05, 0) is 12.8 Å². The molecule has 1 heterocycles. The van der Waals surface area contributed by atoms with E-state index < -0.39 is 0 Å². The molecule has 0 spiro atoms. The lowest BCUT2D eigenvalue weighted by molar-refractivity contribution is -0.0516. The van der Waals surface area contributed by atoms with Gasteiger partial charge >= 0.3 is 0 Å². The van der Waals surface area contributed by atoms with Gasteiger partial charge in [0.2, 0.25) is 0 Å². The third-order valence-electron chi connectivity index (χ3n) is 2.48. The van der Waals surface area contributed by atoms with Crippen molar-refractivity contribution >= 4 is 0 Å². The Bertz CT molecular complexity index is 173. The molecule has 2 atom stereocenters. The first-order chi connectivity index (χ1) is 5.83. The Balaban J connectivity index is 2.60. The van der Waals surface area contributed by atoms with Crippen LogP contribution in [0.3, 0.4) is 0 Å². The summed E-state index contributed by atoms with van der Waals surface area (Å²) in [5.74, 6) is 0. The van der Waals surface area contributed by atoms with E-state index in [1.807, 2.05) is 0 Å². The van der Waals surface area contributed by atoms with Crippen molar-refractivity contribution in [3.63, 3.8) is 0 Å². The lowest BCUT2D eigenvalue weighted by atomic mass is 10.0. The second-order valence-electron chi connectivity index (χ2n) is 3.12. The molecule has 0 aromatic rings. The monoisotopic (exact) mass is 167 g/mol. The van der Waals surface area contributed by atoms with E-state index in [2.05, 4.69) is 24.8 Å². The van der Waals surface area contributed by atoms with Gasteiger partial charge in [-0.3, -0.25) is 0 Å². The summed E-state index contributed by atoms with van der Waals surface area (Å²) >= 11 is 0. The minimum absolute atomic E-state index is 0.333. The molecule has 2 heteroatoms. The molecule has 0 amide bonds. The van der Waals surface area contributed by atoms with Crippen LogP contribution in [0.5, 0.6) is 0 Å². The van der Waals surface area contributed by atoms with Crippen LogP contribution in [0.25, 0.3) is 0 Å². The minimum Gasteiger partial charge on any atom is -0.374 e. The van der Waals surface area contributed by atoms with E-state index in [1.165, 1.54) is 0 Å². The number of terminal acetylenes is 1. The summed E-state index contributed by atoms with van der Waals surface area (Å²) in [6.07, 6.45) is 7.86. The van der Waals surface area contributed by atoms with Gasteiger partial charge in [0.25, 0.3) is 0 Å².